The van der Waals surface area contributed by atoms with Gasteiger partial charge < -0.3 is 4.98 Å². The summed E-state index contributed by atoms with van der Waals surface area (Å²) >= 11 is 5.15. The molecule has 0 spiro atoms. The molecule has 2 aromatic rings. The Morgan fingerprint density at radius 3 is 2.68 bits per heavy atom. The van der Waals surface area contributed by atoms with Gasteiger partial charge in [-0.05, 0) is 69.2 Å². The number of nitrogens with one attached hydrogen (secondary N) is 1. The Hall–Kier alpha value is -1.20. The second-order valence-electron chi connectivity index (χ2n) is 3.93. The van der Waals surface area contributed by atoms with Crippen molar-refractivity contribution in [3.05, 3.63) is 53.7 Å². The number of nitriles is 1. The van der Waals surface area contributed by atoms with Crippen molar-refractivity contribution in [1.82, 2.24) is 4.98 Å². The molecular weight excluding hydrogens is 426 g/mol. The van der Waals surface area contributed by atoms with Crippen LogP contribution in [0.1, 0.15) is 11.3 Å². The van der Waals surface area contributed by atoms with Crippen molar-refractivity contribution >= 4 is 38.5 Å². The predicted octanol–water partition coefficient (Wildman–Crippen LogP) is 3.73. The number of halogens is 3. The second-order valence-corrected chi connectivity index (χ2v) is 5.94. The summed E-state index contributed by atoms with van der Waals surface area (Å²) in [4.78, 5) is 14.3. The van der Waals surface area contributed by atoms with Gasteiger partial charge in [-0.1, -0.05) is 0 Å². The fourth-order valence-electron chi connectivity index (χ4n) is 1.74. The molecular formula is C13H7BrFIN2O. The molecule has 1 N–H and O–H groups in total. The highest BCUT2D eigenvalue weighted by Gasteiger charge is 2.15. The molecule has 0 aliphatic rings. The lowest BCUT2D eigenvalue weighted by Crippen LogP contribution is -2.13. The lowest BCUT2D eigenvalue weighted by Gasteiger charge is -2.09. The molecule has 0 unspecified atom stereocenters. The normalized spacial score (nSPS) is 10.3. The van der Waals surface area contributed by atoms with Gasteiger partial charge in [-0.2, -0.15) is 5.26 Å². The number of aromatic nitrogens is 1. The number of nitrogens with zero attached hydrogens (tertiary/aromatic N) is 1. The quantitative estimate of drug-likeness (QED) is 0.551. The van der Waals surface area contributed by atoms with Gasteiger partial charge >= 0.3 is 0 Å². The Morgan fingerprint density at radius 2 is 2.05 bits per heavy atom. The van der Waals surface area contributed by atoms with Gasteiger partial charge in [0.1, 0.15) is 17.4 Å². The third-order valence-corrected chi connectivity index (χ3v) is 4.08. The Bertz CT molecular complexity index is 764. The highest BCUT2D eigenvalue weighted by atomic mass is 127. The first-order valence-electron chi connectivity index (χ1n) is 5.23. The van der Waals surface area contributed by atoms with Crippen LogP contribution in [0.5, 0.6) is 0 Å². The summed E-state index contributed by atoms with van der Waals surface area (Å²) < 4.78 is 14.8. The van der Waals surface area contributed by atoms with E-state index in [1.807, 2.05) is 28.7 Å². The van der Waals surface area contributed by atoms with Crippen LogP contribution in [-0.2, 0) is 0 Å². The maximum atomic E-state index is 13.7. The summed E-state index contributed by atoms with van der Waals surface area (Å²) in [5.74, 6) is -0.433. The van der Waals surface area contributed by atoms with Crippen LogP contribution in [0, 0.1) is 27.6 Å². The van der Waals surface area contributed by atoms with Gasteiger partial charge in [-0.3, -0.25) is 4.79 Å². The molecule has 0 bridgehead atoms. The minimum absolute atomic E-state index is 0.00904. The first-order chi connectivity index (χ1) is 8.93. The highest BCUT2D eigenvalue weighted by molar-refractivity contribution is 14.1. The fraction of sp³-hybridized carbons (Fsp3) is 0.0769. The van der Waals surface area contributed by atoms with Crippen LogP contribution in [0.3, 0.4) is 0 Å². The fourth-order valence-corrected chi connectivity index (χ4v) is 3.27. The number of hydrogen-bond acceptors (Lipinski definition) is 2. The van der Waals surface area contributed by atoms with E-state index in [9.17, 15) is 9.18 Å². The summed E-state index contributed by atoms with van der Waals surface area (Å²) in [6, 6.07) is 6.48. The average Bonchev–Trinajstić information content (AvgIpc) is 2.33. The number of rotatable bonds is 1. The third kappa shape index (κ3) is 2.72. The van der Waals surface area contributed by atoms with Gasteiger partial charge in [-0.25, -0.2) is 4.39 Å². The number of pyridine rings is 1. The van der Waals surface area contributed by atoms with Crippen molar-refractivity contribution in [2.24, 2.45) is 0 Å². The van der Waals surface area contributed by atoms with E-state index in [0.29, 0.717) is 21.3 Å². The van der Waals surface area contributed by atoms with Gasteiger partial charge in [0.25, 0.3) is 5.56 Å². The monoisotopic (exact) mass is 432 g/mol. The number of benzene rings is 1. The zero-order chi connectivity index (χ0) is 14.2. The standard InChI is InChI=1S/C13H7BrFIN2O/c1-6-2-7(9(5-17)13(19)18-6)8-3-11(15)10(14)4-12(8)16/h2-4H,1H3,(H,18,19). The lowest BCUT2D eigenvalue weighted by atomic mass is 10.0. The summed E-state index contributed by atoms with van der Waals surface area (Å²) in [6.07, 6.45) is 0. The lowest BCUT2D eigenvalue weighted by molar-refractivity contribution is 0.621. The topological polar surface area (TPSA) is 56.6 Å². The maximum absolute atomic E-state index is 13.7. The summed E-state index contributed by atoms with van der Waals surface area (Å²) in [5.41, 5.74) is 1.13. The molecule has 2 rings (SSSR count). The minimum Gasteiger partial charge on any atom is -0.325 e. The zero-order valence-electron chi connectivity index (χ0n) is 9.72. The van der Waals surface area contributed by atoms with Crippen LogP contribution in [0.25, 0.3) is 11.1 Å². The summed E-state index contributed by atoms with van der Waals surface area (Å²) in [7, 11) is 0. The molecule has 0 amide bonds. The molecule has 0 aliphatic carbocycles. The van der Waals surface area contributed by atoms with E-state index in [4.69, 9.17) is 5.26 Å². The average molecular weight is 433 g/mol. The van der Waals surface area contributed by atoms with Crippen LogP contribution in [0.15, 0.2) is 27.5 Å². The van der Waals surface area contributed by atoms with Crippen molar-refractivity contribution in [3.63, 3.8) is 0 Å². The van der Waals surface area contributed by atoms with Crippen LogP contribution >= 0.6 is 38.5 Å². The van der Waals surface area contributed by atoms with Crippen molar-refractivity contribution in [3.8, 4) is 17.2 Å². The van der Waals surface area contributed by atoms with Crippen LogP contribution in [0.4, 0.5) is 4.39 Å². The Kier molecular flexibility index (Phi) is 4.06. The SMILES string of the molecule is Cc1cc(-c2cc(F)c(Br)cc2I)c(C#N)c(=O)[nH]1. The largest absolute Gasteiger partial charge is 0.325 e. The van der Waals surface area contributed by atoms with E-state index in [1.165, 1.54) is 6.07 Å². The van der Waals surface area contributed by atoms with E-state index in [2.05, 4.69) is 20.9 Å². The molecule has 19 heavy (non-hydrogen) atoms. The smallest absolute Gasteiger partial charge is 0.266 e. The molecule has 0 saturated carbocycles. The van der Waals surface area contributed by atoms with Gasteiger partial charge in [0.2, 0.25) is 0 Å². The van der Waals surface area contributed by atoms with Crippen LogP contribution in [0.2, 0.25) is 0 Å². The first kappa shape index (κ1) is 14.2. The molecule has 0 aliphatic heterocycles. The van der Waals surface area contributed by atoms with E-state index in [-0.39, 0.29) is 5.56 Å². The van der Waals surface area contributed by atoms with Crippen molar-refractivity contribution in [2.45, 2.75) is 6.92 Å². The number of aryl methyl sites for hydroxylation is 1. The van der Waals surface area contributed by atoms with Gasteiger partial charge in [-0.15, -0.1) is 0 Å². The van der Waals surface area contributed by atoms with Crippen LogP contribution in [-0.4, -0.2) is 4.98 Å². The minimum atomic E-state index is -0.461. The summed E-state index contributed by atoms with van der Waals surface area (Å²) in [5, 5.41) is 9.09. The molecule has 0 radical (unpaired) electrons. The molecule has 0 saturated heterocycles. The molecule has 0 fully saturated rings. The summed E-state index contributed by atoms with van der Waals surface area (Å²) in [6.45, 7) is 1.72. The predicted molar refractivity (Wildman–Crippen MR) is 82.3 cm³/mol. The number of aromatic amines is 1. The number of hydrogen-bond donors (Lipinski definition) is 1. The van der Waals surface area contributed by atoms with E-state index < -0.39 is 11.4 Å². The molecule has 96 valence electrons. The Balaban J connectivity index is 2.83. The van der Waals surface area contributed by atoms with Crippen molar-refractivity contribution in [1.29, 1.82) is 5.26 Å². The Morgan fingerprint density at radius 1 is 1.37 bits per heavy atom. The zero-order valence-corrected chi connectivity index (χ0v) is 13.5. The third-order valence-electron chi connectivity index (χ3n) is 2.58. The molecule has 0 atom stereocenters. The van der Waals surface area contributed by atoms with Crippen molar-refractivity contribution in [2.75, 3.05) is 0 Å². The van der Waals surface area contributed by atoms with Crippen molar-refractivity contribution < 1.29 is 4.39 Å². The van der Waals surface area contributed by atoms with E-state index >= 15 is 0 Å². The molecule has 1 aromatic heterocycles. The maximum Gasteiger partial charge on any atom is 0.266 e. The molecule has 1 heterocycles. The molecule has 3 nitrogen and oxygen atoms in total. The first-order valence-corrected chi connectivity index (χ1v) is 7.10. The van der Waals surface area contributed by atoms with Gasteiger partial charge in [0, 0.05) is 14.8 Å². The Labute approximate surface area is 130 Å². The highest BCUT2D eigenvalue weighted by Crippen LogP contribution is 2.31. The van der Waals surface area contributed by atoms with Gasteiger partial charge in [0.15, 0.2) is 0 Å². The van der Waals surface area contributed by atoms with E-state index in [0.717, 1.165) is 3.57 Å². The molecule has 6 heteroatoms. The van der Waals surface area contributed by atoms with Crippen LogP contribution < -0.4 is 5.56 Å². The molecule has 1 aromatic carbocycles. The van der Waals surface area contributed by atoms with Gasteiger partial charge in [0.05, 0.1) is 4.47 Å². The van der Waals surface area contributed by atoms with E-state index in [1.54, 1.807) is 19.1 Å². The second kappa shape index (κ2) is 5.43. The number of H-pyrrole nitrogens is 1.